The van der Waals surface area contributed by atoms with Crippen LogP contribution < -0.4 is 0 Å². The van der Waals surface area contributed by atoms with Gasteiger partial charge in [0.25, 0.3) is 0 Å². The predicted octanol–water partition coefficient (Wildman–Crippen LogP) is 3.40. The van der Waals surface area contributed by atoms with Gasteiger partial charge in [-0.1, -0.05) is 64.7 Å². The Bertz CT molecular complexity index is 293. The number of rotatable bonds is 14. The molecular weight excluding hydrogens is 328 g/mol. The SMILES string of the molecule is CCCCCCCCCCCCOS[C@@H]1OC(CO)CC(O)[C@@H]1O. The van der Waals surface area contributed by atoms with E-state index in [1.54, 1.807) is 0 Å². The summed E-state index contributed by atoms with van der Waals surface area (Å²) in [4.78, 5) is 0. The van der Waals surface area contributed by atoms with Crippen LogP contribution in [-0.4, -0.2) is 52.3 Å². The molecule has 144 valence electrons. The normalized spacial score (nSPS) is 27.5. The minimum absolute atomic E-state index is 0.153. The molecule has 0 saturated carbocycles. The highest BCUT2D eigenvalue weighted by Crippen LogP contribution is 2.28. The van der Waals surface area contributed by atoms with E-state index in [4.69, 9.17) is 14.0 Å². The maximum atomic E-state index is 9.87. The molecule has 0 amide bonds. The van der Waals surface area contributed by atoms with Gasteiger partial charge in [0, 0.05) is 18.5 Å². The highest BCUT2D eigenvalue weighted by molar-refractivity contribution is 7.95. The third kappa shape index (κ3) is 9.59. The van der Waals surface area contributed by atoms with Gasteiger partial charge in [0.2, 0.25) is 0 Å². The van der Waals surface area contributed by atoms with Crippen molar-refractivity contribution in [3.63, 3.8) is 0 Å². The molecule has 6 heteroatoms. The monoisotopic (exact) mass is 364 g/mol. The van der Waals surface area contributed by atoms with Crippen LogP contribution in [0.5, 0.6) is 0 Å². The second-order valence-electron chi connectivity index (χ2n) is 6.70. The topological polar surface area (TPSA) is 79.2 Å². The quantitative estimate of drug-likeness (QED) is 0.324. The van der Waals surface area contributed by atoms with Crippen LogP contribution >= 0.6 is 12.0 Å². The predicted molar refractivity (Wildman–Crippen MR) is 97.8 cm³/mol. The third-order valence-electron chi connectivity index (χ3n) is 4.45. The maximum absolute atomic E-state index is 9.87. The lowest BCUT2D eigenvalue weighted by molar-refractivity contribution is -0.147. The number of unbranched alkanes of at least 4 members (excludes halogenated alkanes) is 9. The van der Waals surface area contributed by atoms with Crippen LogP contribution in [0.15, 0.2) is 0 Å². The average Bonchev–Trinajstić information content (AvgIpc) is 2.59. The first-order valence-electron chi connectivity index (χ1n) is 9.59. The van der Waals surface area contributed by atoms with E-state index < -0.39 is 23.7 Å². The second-order valence-corrected chi connectivity index (χ2v) is 7.60. The lowest BCUT2D eigenvalue weighted by Crippen LogP contribution is -2.47. The summed E-state index contributed by atoms with van der Waals surface area (Å²) in [6, 6.07) is 0. The summed E-state index contributed by atoms with van der Waals surface area (Å²) in [6.45, 7) is 2.71. The van der Waals surface area contributed by atoms with E-state index in [1.165, 1.54) is 51.4 Å². The maximum Gasteiger partial charge on any atom is 0.157 e. The Morgan fingerprint density at radius 2 is 1.54 bits per heavy atom. The van der Waals surface area contributed by atoms with Crippen LogP contribution in [0.4, 0.5) is 0 Å². The van der Waals surface area contributed by atoms with E-state index in [1.807, 2.05) is 0 Å². The van der Waals surface area contributed by atoms with Crippen LogP contribution in [0.3, 0.4) is 0 Å². The van der Waals surface area contributed by atoms with Crippen molar-refractivity contribution in [1.29, 1.82) is 0 Å². The van der Waals surface area contributed by atoms with Gasteiger partial charge in [0.1, 0.15) is 6.10 Å². The Morgan fingerprint density at radius 3 is 2.12 bits per heavy atom. The fraction of sp³-hybridized carbons (Fsp3) is 1.00. The number of aliphatic hydroxyl groups excluding tert-OH is 3. The van der Waals surface area contributed by atoms with Crippen molar-refractivity contribution >= 4 is 12.0 Å². The minimum Gasteiger partial charge on any atom is -0.394 e. The molecule has 0 spiro atoms. The fourth-order valence-corrected chi connectivity index (χ4v) is 3.72. The van der Waals surface area contributed by atoms with E-state index >= 15 is 0 Å². The Labute approximate surface area is 151 Å². The summed E-state index contributed by atoms with van der Waals surface area (Å²) < 4.78 is 11.0. The van der Waals surface area contributed by atoms with Crippen molar-refractivity contribution in [3.05, 3.63) is 0 Å². The highest BCUT2D eigenvalue weighted by Gasteiger charge is 2.37. The van der Waals surface area contributed by atoms with Crippen molar-refractivity contribution in [2.75, 3.05) is 13.2 Å². The first-order chi connectivity index (χ1) is 11.7. The van der Waals surface area contributed by atoms with Gasteiger partial charge in [-0.3, -0.25) is 0 Å². The summed E-state index contributed by atoms with van der Waals surface area (Å²) >= 11 is 1.06. The van der Waals surface area contributed by atoms with E-state index in [0.29, 0.717) is 6.61 Å². The molecule has 1 aliphatic rings. The second kappa shape index (κ2) is 14.3. The van der Waals surface area contributed by atoms with Crippen LogP contribution in [0.25, 0.3) is 0 Å². The zero-order valence-electron chi connectivity index (χ0n) is 15.1. The largest absolute Gasteiger partial charge is 0.394 e. The summed E-state index contributed by atoms with van der Waals surface area (Å²) in [6.07, 6.45) is 10.8. The molecule has 4 atom stereocenters. The summed E-state index contributed by atoms with van der Waals surface area (Å²) in [7, 11) is 0. The Balaban J connectivity index is 1.92. The molecule has 3 N–H and O–H groups in total. The number of hydrogen-bond donors (Lipinski definition) is 3. The van der Waals surface area contributed by atoms with Crippen LogP contribution in [0.2, 0.25) is 0 Å². The molecule has 1 fully saturated rings. The first-order valence-corrected chi connectivity index (χ1v) is 10.4. The van der Waals surface area contributed by atoms with Crippen molar-refractivity contribution in [3.8, 4) is 0 Å². The minimum atomic E-state index is -0.967. The summed E-state index contributed by atoms with van der Waals surface area (Å²) in [5, 5.41) is 28.7. The molecule has 0 radical (unpaired) electrons. The van der Waals surface area contributed by atoms with Crippen LogP contribution in [-0.2, 0) is 8.92 Å². The van der Waals surface area contributed by atoms with E-state index in [-0.39, 0.29) is 13.0 Å². The molecule has 5 nitrogen and oxygen atoms in total. The van der Waals surface area contributed by atoms with Crippen LogP contribution in [0.1, 0.15) is 77.6 Å². The van der Waals surface area contributed by atoms with Gasteiger partial charge in [-0.25, -0.2) is 0 Å². The molecule has 2 unspecified atom stereocenters. The Hall–Kier alpha value is 0.150. The average molecular weight is 365 g/mol. The molecule has 0 aromatic carbocycles. The lowest BCUT2D eigenvalue weighted by Gasteiger charge is -2.35. The van der Waals surface area contributed by atoms with Gasteiger partial charge < -0.3 is 24.2 Å². The standard InChI is InChI=1S/C18H36O5S/c1-2-3-4-5-6-7-8-9-10-11-12-22-24-18-17(21)16(20)13-15(14-19)23-18/h15-21H,2-14H2,1H3/t15?,16?,17-,18-/m0/s1. The smallest absolute Gasteiger partial charge is 0.157 e. The van der Waals surface area contributed by atoms with Crippen molar-refractivity contribution in [2.45, 2.75) is 101 Å². The van der Waals surface area contributed by atoms with Gasteiger partial charge in [-0.2, -0.15) is 0 Å². The molecule has 0 bridgehead atoms. The number of aliphatic hydroxyl groups is 3. The molecule has 24 heavy (non-hydrogen) atoms. The van der Waals surface area contributed by atoms with Crippen LogP contribution in [0, 0.1) is 0 Å². The Morgan fingerprint density at radius 1 is 0.958 bits per heavy atom. The van der Waals surface area contributed by atoms with Crippen molar-refractivity contribution < 1.29 is 24.2 Å². The molecule has 1 aliphatic heterocycles. The number of ether oxygens (including phenoxy) is 1. The molecule has 1 rings (SSSR count). The molecule has 0 aliphatic carbocycles. The summed E-state index contributed by atoms with van der Waals surface area (Å²) in [5.41, 5.74) is -0.631. The first kappa shape index (κ1) is 22.2. The Kier molecular flexibility index (Phi) is 13.3. The summed E-state index contributed by atoms with van der Waals surface area (Å²) in [5.74, 6) is 0. The molecule has 1 heterocycles. The molecule has 1 saturated heterocycles. The third-order valence-corrected chi connectivity index (χ3v) is 5.33. The molecular formula is C18H36O5S. The van der Waals surface area contributed by atoms with E-state index in [0.717, 1.165) is 24.9 Å². The zero-order valence-corrected chi connectivity index (χ0v) is 15.9. The van der Waals surface area contributed by atoms with Gasteiger partial charge in [0.15, 0.2) is 5.44 Å². The van der Waals surface area contributed by atoms with Gasteiger partial charge in [-0.05, 0) is 6.42 Å². The molecule has 0 aromatic heterocycles. The highest BCUT2D eigenvalue weighted by atomic mass is 32.2. The van der Waals surface area contributed by atoms with Crippen molar-refractivity contribution in [2.24, 2.45) is 0 Å². The zero-order chi connectivity index (χ0) is 17.6. The van der Waals surface area contributed by atoms with Gasteiger partial charge >= 0.3 is 0 Å². The number of hydrogen-bond acceptors (Lipinski definition) is 6. The molecule has 0 aromatic rings. The fourth-order valence-electron chi connectivity index (χ4n) is 2.88. The van der Waals surface area contributed by atoms with E-state index in [9.17, 15) is 10.2 Å². The van der Waals surface area contributed by atoms with Gasteiger partial charge in [-0.15, -0.1) is 0 Å². The van der Waals surface area contributed by atoms with Crippen molar-refractivity contribution in [1.82, 2.24) is 0 Å². The van der Waals surface area contributed by atoms with Gasteiger partial charge in [0.05, 0.1) is 25.4 Å². The van der Waals surface area contributed by atoms with E-state index in [2.05, 4.69) is 6.92 Å². The lowest BCUT2D eigenvalue weighted by atomic mass is 10.0.